The number of methoxy groups -OCH3 is 1. The summed E-state index contributed by atoms with van der Waals surface area (Å²) in [6.07, 6.45) is -0.0868. The average Bonchev–Trinajstić information content (AvgIpc) is 2.52. The van der Waals surface area contributed by atoms with Crippen molar-refractivity contribution in [2.75, 3.05) is 31.3 Å². The first-order valence-electron chi connectivity index (χ1n) is 7.88. The van der Waals surface area contributed by atoms with Crippen LogP contribution in [-0.2, 0) is 30.9 Å². The maximum absolute atomic E-state index is 11.9. The second-order valence-corrected chi connectivity index (χ2v) is 7.69. The summed E-state index contributed by atoms with van der Waals surface area (Å²) in [7, 11) is -2.19. The van der Waals surface area contributed by atoms with Crippen LogP contribution in [0.2, 0.25) is 0 Å². The van der Waals surface area contributed by atoms with Gasteiger partial charge >= 0.3 is 5.97 Å². The van der Waals surface area contributed by atoms with Crippen LogP contribution in [-0.4, -0.2) is 57.5 Å². The summed E-state index contributed by atoms with van der Waals surface area (Å²) in [4.78, 5) is 23.1. The Kier molecular flexibility index (Phi) is 8.66. The lowest BCUT2D eigenvalue weighted by Crippen LogP contribution is -2.35. The molecule has 3 N–H and O–H groups in total. The predicted octanol–water partition coefficient (Wildman–Crippen LogP) is 0.814. The minimum atomic E-state index is -3.65. The number of carbonyl (C=O) groups is 2. The molecule has 26 heavy (non-hydrogen) atoms. The maximum atomic E-state index is 11.9. The lowest BCUT2D eigenvalue weighted by molar-refractivity contribution is -0.115. The second kappa shape index (κ2) is 10.2. The molecule has 1 aromatic carbocycles. The van der Waals surface area contributed by atoms with E-state index in [4.69, 9.17) is 14.6 Å². The number of hydrogen-bond donors (Lipinski definition) is 3. The maximum Gasteiger partial charge on any atom is 0.335 e. The number of anilines is 1. The van der Waals surface area contributed by atoms with Crippen molar-refractivity contribution in [3.8, 4) is 0 Å². The average molecular weight is 388 g/mol. The molecule has 0 aromatic heterocycles. The number of carboxylic acid groups (broad SMARTS) is 1. The standard InChI is InChI=1S/C16H24N2O7S/c1-11(2)25-4-5-26(22,23)17-9-15(19)18-14-7-12(10-24-3)6-13(8-14)16(20)21/h6-8,11,17H,4-5,9-10H2,1-3H3,(H,18,19)(H,20,21). The van der Waals surface area contributed by atoms with Crippen LogP contribution >= 0.6 is 0 Å². The number of sulfonamides is 1. The molecule has 1 aromatic rings. The van der Waals surface area contributed by atoms with Crippen molar-refractivity contribution in [3.63, 3.8) is 0 Å². The Morgan fingerprint density at radius 1 is 1.23 bits per heavy atom. The van der Waals surface area contributed by atoms with E-state index in [9.17, 15) is 18.0 Å². The van der Waals surface area contributed by atoms with Gasteiger partial charge in [-0.25, -0.2) is 17.9 Å². The van der Waals surface area contributed by atoms with E-state index in [1.165, 1.54) is 19.2 Å². The topological polar surface area (TPSA) is 131 Å². The summed E-state index contributed by atoms with van der Waals surface area (Å²) in [5, 5.41) is 11.6. The van der Waals surface area contributed by atoms with Crippen molar-refractivity contribution in [1.82, 2.24) is 4.72 Å². The minimum absolute atomic E-state index is 0.0127. The highest BCUT2D eigenvalue weighted by Crippen LogP contribution is 2.16. The van der Waals surface area contributed by atoms with Crippen LogP contribution in [0, 0.1) is 0 Å². The first-order chi connectivity index (χ1) is 12.1. The van der Waals surface area contributed by atoms with Gasteiger partial charge in [0.15, 0.2) is 0 Å². The zero-order valence-electron chi connectivity index (χ0n) is 14.9. The van der Waals surface area contributed by atoms with Gasteiger partial charge in [0.2, 0.25) is 15.9 Å². The van der Waals surface area contributed by atoms with E-state index in [0.29, 0.717) is 5.56 Å². The number of nitrogens with one attached hydrogen (secondary N) is 2. The van der Waals surface area contributed by atoms with E-state index in [2.05, 4.69) is 10.0 Å². The summed E-state index contributed by atoms with van der Waals surface area (Å²) in [6.45, 7) is 3.30. The van der Waals surface area contributed by atoms with Crippen molar-refractivity contribution in [1.29, 1.82) is 0 Å². The van der Waals surface area contributed by atoms with E-state index in [1.807, 2.05) is 0 Å². The molecule has 10 heteroatoms. The van der Waals surface area contributed by atoms with Gasteiger partial charge in [0, 0.05) is 12.8 Å². The van der Waals surface area contributed by atoms with Crippen molar-refractivity contribution >= 4 is 27.6 Å². The van der Waals surface area contributed by atoms with Gasteiger partial charge < -0.3 is 19.9 Å². The van der Waals surface area contributed by atoms with Crippen LogP contribution in [0.4, 0.5) is 5.69 Å². The van der Waals surface area contributed by atoms with Gasteiger partial charge in [0.25, 0.3) is 0 Å². The van der Waals surface area contributed by atoms with Crippen molar-refractivity contribution < 1.29 is 32.6 Å². The number of carboxylic acids is 1. The summed E-state index contributed by atoms with van der Waals surface area (Å²) >= 11 is 0. The van der Waals surface area contributed by atoms with Crippen molar-refractivity contribution in [2.24, 2.45) is 0 Å². The fourth-order valence-corrected chi connectivity index (χ4v) is 2.80. The Morgan fingerprint density at radius 2 is 1.92 bits per heavy atom. The Bertz CT molecular complexity index is 732. The predicted molar refractivity (Wildman–Crippen MR) is 95.6 cm³/mol. The smallest absolute Gasteiger partial charge is 0.335 e. The fourth-order valence-electron chi connectivity index (χ4n) is 1.98. The molecule has 0 saturated carbocycles. The third-order valence-corrected chi connectivity index (χ3v) is 4.38. The zero-order chi connectivity index (χ0) is 19.7. The number of hydrogen-bond acceptors (Lipinski definition) is 6. The Balaban J connectivity index is 2.65. The summed E-state index contributed by atoms with van der Waals surface area (Å²) in [6, 6.07) is 4.27. The number of carbonyl (C=O) groups excluding carboxylic acids is 1. The lowest BCUT2D eigenvalue weighted by atomic mass is 10.1. The molecule has 1 amide bonds. The molecule has 0 heterocycles. The van der Waals surface area contributed by atoms with Gasteiger partial charge in [0.1, 0.15) is 0 Å². The molecule has 0 fully saturated rings. The third-order valence-electron chi connectivity index (χ3n) is 3.09. The number of benzene rings is 1. The molecular formula is C16H24N2O7S. The molecule has 0 aliphatic heterocycles. The lowest BCUT2D eigenvalue weighted by Gasteiger charge is -2.11. The molecular weight excluding hydrogens is 364 g/mol. The van der Waals surface area contributed by atoms with Crippen LogP contribution in [0.15, 0.2) is 18.2 Å². The van der Waals surface area contributed by atoms with Gasteiger partial charge in [0.05, 0.1) is 37.2 Å². The second-order valence-electron chi connectivity index (χ2n) is 5.76. The first-order valence-corrected chi connectivity index (χ1v) is 9.53. The van der Waals surface area contributed by atoms with E-state index < -0.39 is 28.4 Å². The molecule has 0 radical (unpaired) electrons. The Hall–Kier alpha value is -2.01. The fraction of sp³-hybridized carbons (Fsp3) is 0.500. The number of aromatic carboxylic acids is 1. The van der Waals surface area contributed by atoms with Crippen LogP contribution < -0.4 is 10.0 Å². The number of rotatable bonds is 11. The normalized spacial score (nSPS) is 11.5. The van der Waals surface area contributed by atoms with Crippen LogP contribution in [0.25, 0.3) is 0 Å². The highest BCUT2D eigenvalue weighted by atomic mass is 32.2. The summed E-state index contributed by atoms with van der Waals surface area (Å²) in [5.74, 6) is -2.03. The molecule has 0 saturated heterocycles. The first kappa shape index (κ1) is 22.0. The highest BCUT2D eigenvalue weighted by molar-refractivity contribution is 7.89. The molecule has 9 nitrogen and oxygen atoms in total. The van der Waals surface area contributed by atoms with Crippen LogP contribution in [0.3, 0.4) is 0 Å². The van der Waals surface area contributed by atoms with Crippen molar-refractivity contribution in [2.45, 2.75) is 26.6 Å². The van der Waals surface area contributed by atoms with E-state index in [-0.39, 0.29) is 36.3 Å². The molecule has 0 spiro atoms. The Labute approximate surface area is 152 Å². The van der Waals surface area contributed by atoms with Gasteiger partial charge in [-0.2, -0.15) is 0 Å². The largest absolute Gasteiger partial charge is 0.478 e. The van der Waals surface area contributed by atoms with E-state index in [1.54, 1.807) is 19.9 Å². The third kappa shape index (κ3) is 8.39. The number of ether oxygens (including phenoxy) is 2. The van der Waals surface area contributed by atoms with Crippen LogP contribution in [0.5, 0.6) is 0 Å². The van der Waals surface area contributed by atoms with E-state index in [0.717, 1.165) is 0 Å². The quantitative estimate of drug-likeness (QED) is 0.511. The number of amides is 1. The molecule has 146 valence electrons. The molecule has 0 bridgehead atoms. The van der Waals surface area contributed by atoms with Gasteiger partial charge in [-0.3, -0.25) is 4.79 Å². The summed E-state index contributed by atoms with van der Waals surface area (Å²) in [5.41, 5.74) is 0.791. The summed E-state index contributed by atoms with van der Waals surface area (Å²) < 4.78 is 35.9. The SMILES string of the molecule is COCc1cc(NC(=O)CNS(=O)(=O)CCOC(C)C)cc(C(=O)O)c1. The highest BCUT2D eigenvalue weighted by Gasteiger charge is 2.14. The minimum Gasteiger partial charge on any atom is -0.478 e. The zero-order valence-corrected chi connectivity index (χ0v) is 15.8. The monoisotopic (exact) mass is 388 g/mol. The Morgan fingerprint density at radius 3 is 2.50 bits per heavy atom. The molecule has 0 aliphatic carbocycles. The van der Waals surface area contributed by atoms with Crippen molar-refractivity contribution in [3.05, 3.63) is 29.3 Å². The molecule has 1 rings (SSSR count). The van der Waals surface area contributed by atoms with E-state index >= 15 is 0 Å². The van der Waals surface area contributed by atoms with Gasteiger partial charge in [-0.1, -0.05) is 0 Å². The van der Waals surface area contributed by atoms with Gasteiger partial charge in [-0.15, -0.1) is 0 Å². The molecule has 0 aliphatic rings. The van der Waals surface area contributed by atoms with Gasteiger partial charge in [-0.05, 0) is 37.6 Å². The molecule has 0 atom stereocenters. The van der Waals surface area contributed by atoms with Crippen LogP contribution in [0.1, 0.15) is 29.8 Å². The molecule has 0 unspecified atom stereocenters.